The van der Waals surface area contributed by atoms with Crippen molar-refractivity contribution in [1.82, 2.24) is 14.7 Å². The Morgan fingerprint density at radius 1 is 1.27 bits per heavy atom. The zero-order valence-electron chi connectivity index (χ0n) is 13.0. The molecule has 0 radical (unpaired) electrons. The molecule has 2 fully saturated rings. The van der Waals surface area contributed by atoms with Crippen LogP contribution in [0.15, 0.2) is 22.8 Å². The van der Waals surface area contributed by atoms with Crippen LogP contribution in [-0.4, -0.2) is 66.3 Å². The summed E-state index contributed by atoms with van der Waals surface area (Å²) >= 11 is 0. The molecule has 3 rings (SSSR count). The van der Waals surface area contributed by atoms with Crippen molar-refractivity contribution in [3.05, 3.63) is 24.2 Å². The first-order valence-electron chi connectivity index (χ1n) is 7.91. The van der Waals surface area contributed by atoms with Crippen LogP contribution in [0.1, 0.15) is 18.6 Å². The number of likely N-dealkylation sites (tertiary alicyclic amines) is 1. The molecule has 0 bridgehead atoms. The van der Waals surface area contributed by atoms with Gasteiger partial charge in [-0.2, -0.15) is 0 Å². The minimum atomic E-state index is -0.125. The summed E-state index contributed by atoms with van der Waals surface area (Å²) in [4.78, 5) is 30.2. The van der Waals surface area contributed by atoms with Gasteiger partial charge in [0.25, 0.3) is 0 Å². The van der Waals surface area contributed by atoms with Crippen LogP contribution in [0, 0.1) is 5.92 Å². The van der Waals surface area contributed by atoms with Crippen molar-refractivity contribution in [3.63, 3.8) is 0 Å². The van der Waals surface area contributed by atoms with Crippen molar-refractivity contribution in [2.24, 2.45) is 5.92 Å². The molecule has 0 N–H and O–H groups in total. The Balaban J connectivity index is 1.48. The first-order chi connectivity index (χ1) is 10.6. The molecular formula is C16H23N3O3. The lowest BCUT2D eigenvalue weighted by Crippen LogP contribution is -2.51. The molecule has 0 saturated carbocycles. The van der Waals surface area contributed by atoms with Gasteiger partial charge in [0.1, 0.15) is 5.76 Å². The van der Waals surface area contributed by atoms with E-state index in [1.54, 1.807) is 18.2 Å². The molecule has 0 aromatic carbocycles. The van der Waals surface area contributed by atoms with Crippen LogP contribution >= 0.6 is 0 Å². The third-order valence-corrected chi connectivity index (χ3v) is 4.65. The van der Waals surface area contributed by atoms with Crippen molar-refractivity contribution >= 4 is 11.8 Å². The normalized spacial score (nSPS) is 23.9. The van der Waals surface area contributed by atoms with Crippen molar-refractivity contribution in [1.29, 1.82) is 0 Å². The molecule has 1 aromatic heterocycles. The van der Waals surface area contributed by atoms with Crippen molar-refractivity contribution in [3.8, 4) is 0 Å². The molecule has 0 unspecified atom stereocenters. The highest BCUT2D eigenvalue weighted by atomic mass is 16.3. The number of rotatable bonds is 3. The number of hydrogen-bond donors (Lipinski definition) is 0. The van der Waals surface area contributed by atoms with Gasteiger partial charge in [-0.1, -0.05) is 0 Å². The van der Waals surface area contributed by atoms with Gasteiger partial charge in [-0.25, -0.2) is 0 Å². The lowest BCUT2D eigenvalue weighted by Gasteiger charge is -2.37. The number of piperazine rings is 1. The molecule has 0 aliphatic carbocycles. The Labute approximate surface area is 130 Å². The van der Waals surface area contributed by atoms with Gasteiger partial charge in [0.15, 0.2) is 0 Å². The molecule has 6 nitrogen and oxygen atoms in total. The van der Waals surface area contributed by atoms with Crippen molar-refractivity contribution in [2.45, 2.75) is 19.4 Å². The second-order valence-electron chi connectivity index (χ2n) is 6.19. The van der Waals surface area contributed by atoms with Crippen LogP contribution in [0.2, 0.25) is 0 Å². The largest absolute Gasteiger partial charge is 0.468 e. The van der Waals surface area contributed by atoms with Crippen LogP contribution < -0.4 is 0 Å². The summed E-state index contributed by atoms with van der Waals surface area (Å²) in [5, 5.41) is 0. The van der Waals surface area contributed by atoms with Gasteiger partial charge in [-0.05, 0) is 18.6 Å². The second-order valence-corrected chi connectivity index (χ2v) is 6.19. The molecule has 2 saturated heterocycles. The molecule has 2 aliphatic heterocycles. The van der Waals surface area contributed by atoms with E-state index in [1.165, 1.54) is 0 Å². The summed E-state index contributed by atoms with van der Waals surface area (Å²) in [5.41, 5.74) is 0. The van der Waals surface area contributed by atoms with Gasteiger partial charge >= 0.3 is 0 Å². The predicted molar refractivity (Wildman–Crippen MR) is 80.9 cm³/mol. The quantitative estimate of drug-likeness (QED) is 0.828. The molecule has 2 aliphatic rings. The number of piperidine rings is 1. The highest BCUT2D eigenvalue weighted by Gasteiger charge is 2.32. The lowest BCUT2D eigenvalue weighted by molar-refractivity contribution is -0.145. The Bertz CT molecular complexity index is 521. The number of furan rings is 1. The third kappa shape index (κ3) is 3.32. The topological polar surface area (TPSA) is 57.0 Å². The summed E-state index contributed by atoms with van der Waals surface area (Å²) in [5.74, 6) is 1.07. The number of nitrogens with zero attached hydrogens (tertiary/aromatic N) is 3. The van der Waals surface area contributed by atoms with Crippen LogP contribution in [0.5, 0.6) is 0 Å². The van der Waals surface area contributed by atoms with Crippen molar-refractivity contribution < 1.29 is 14.0 Å². The summed E-state index contributed by atoms with van der Waals surface area (Å²) < 4.78 is 5.36. The van der Waals surface area contributed by atoms with Crippen molar-refractivity contribution in [2.75, 3.05) is 39.8 Å². The maximum atomic E-state index is 12.5. The van der Waals surface area contributed by atoms with E-state index in [9.17, 15) is 9.59 Å². The van der Waals surface area contributed by atoms with Gasteiger partial charge in [-0.15, -0.1) is 0 Å². The fourth-order valence-electron chi connectivity index (χ4n) is 3.16. The van der Waals surface area contributed by atoms with E-state index in [2.05, 4.69) is 4.90 Å². The smallest absolute Gasteiger partial charge is 0.226 e. The highest BCUT2D eigenvalue weighted by molar-refractivity contribution is 5.87. The monoisotopic (exact) mass is 305 g/mol. The molecule has 120 valence electrons. The fraction of sp³-hybridized carbons (Fsp3) is 0.625. The number of amides is 2. The molecular weight excluding hydrogens is 282 g/mol. The highest BCUT2D eigenvalue weighted by Crippen LogP contribution is 2.21. The van der Waals surface area contributed by atoms with Crippen LogP contribution in [0.4, 0.5) is 0 Å². The molecule has 1 aromatic rings. The maximum Gasteiger partial charge on any atom is 0.226 e. The molecule has 6 heteroatoms. The van der Waals surface area contributed by atoms with Gasteiger partial charge in [-0.3, -0.25) is 14.5 Å². The SMILES string of the molecule is CN1CC[C@H](C(=O)N2CCN(Cc3ccco3)CC2)CC1=O. The Kier molecular flexibility index (Phi) is 4.47. The molecule has 3 heterocycles. The summed E-state index contributed by atoms with van der Waals surface area (Å²) in [7, 11) is 1.80. The minimum Gasteiger partial charge on any atom is -0.468 e. The molecule has 1 atom stereocenters. The zero-order chi connectivity index (χ0) is 15.5. The minimum absolute atomic E-state index is 0.0843. The Morgan fingerprint density at radius 3 is 2.68 bits per heavy atom. The van der Waals surface area contributed by atoms with Gasteiger partial charge in [0.05, 0.1) is 12.8 Å². The predicted octanol–water partition coefficient (Wildman–Crippen LogP) is 0.792. The first kappa shape index (κ1) is 15.1. The standard InChI is InChI=1S/C16H23N3O3/c1-17-5-4-13(11-15(17)20)16(21)19-8-6-18(7-9-19)12-14-3-2-10-22-14/h2-3,10,13H,4-9,11-12H2,1H3/t13-/m0/s1. The first-order valence-corrected chi connectivity index (χ1v) is 7.91. The van der Waals surface area contributed by atoms with Crippen LogP contribution in [-0.2, 0) is 16.1 Å². The Morgan fingerprint density at radius 2 is 2.05 bits per heavy atom. The average Bonchev–Trinajstić information content (AvgIpc) is 3.03. The average molecular weight is 305 g/mol. The maximum absolute atomic E-state index is 12.5. The zero-order valence-corrected chi connectivity index (χ0v) is 13.0. The Hall–Kier alpha value is -1.82. The summed E-state index contributed by atoms with van der Waals surface area (Å²) in [6.45, 7) is 4.66. The van der Waals surface area contributed by atoms with Gasteiger partial charge in [0.2, 0.25) is 11.8 Å². The number of hydrogen-bond acceptors (Lipinski definition) is 4. The van der Waals surface area contributed by atoms with Gasteiger partial charge < -0.3 is 14.2 Å². The van der Waals surface area contributed by atoms with E-state index in [4.69, 9.17) is 4.42 Å². The lowest BCUT2D eigenvalue weighted by atomic mass is 9.94. The van der Waals surface area contributed by atoms with E-state index < -0.39 is 0 Å². The van der Waals surface area contributed by atoms with Crippen LogP contribution in [0.25, 0.3) is 0 Å². The van der Waals surface area contributed by atoms with Crippen LogP contribution in [0.3, 0.4) is 0 Å². The molecule has 22 heavy (non-hydrogen) atoms. The summed E-state index contributed by atoms with van der Waals surface area (Å²) in [6.07, 6.45) is 2.84. The summed E-state index contributed by atoms with van der Waals surface area (Å²) in [6, 6.07) is 3.87. The van der Waals surface area contributed by atoms with E-state index in [1.807, 2.05) is 17.0 Å². The van der Waals surface area contributed by atoms with E-state index >= 15 is 0 Å². The third-order valence-electron chi connectivity index (χ3n) is 4.65. The fourth-order valence-corrected chi connectivity index (χ4v) is 3.16. The second kappa shape index (κ2) is 6.52. The van der Waals surface area contributed by atoms with E-state index in [0.29, 0.717) is 13.0 Å². The van der Waals surface area contributed by atoms with E-state index in [0.717, 1.165) is 44.9 Å². The number of carbonyl (C=O) groups excluding carboxylic acids is 2. The van der Waals surface area contributed by atoms with E-state index in [-0.39, 0.29) is 17.7 Å². The number of carbonyl (C=O) groups is 2. The van der Waals surface area contributed by atoms with Gasteiger partial charge in [0, 0.05) is 52.1 Å². The molecule has 0 spiro atoms. The molecule has 2 amide bonds.